The van der Waals surface area contributed by atoms with E-state index in [1.165, 1.54) is 13.0 Å². The Morgan fingerprint density at radius 2 is 1.60 bits per heavy atom. The zero-order chi connectivity index (χ0) is 11.9. The van der Waals surface area contributed by atoms with E-state index >= 15 is 0 Å². The van der Waals surface area contributed by atoms with Crippen LogP contribution in [-0.4, -0.2) is 13.3 Å². The van der Waals surface area contributed by atoms with Gasteiger partial charge in [0.05, 0.1) is 0 Å². The van der Waals surface area contributed by atoms with Gasteiger partial charge in [-0.05, 0) is 0 Å². The van der Waals surface area contributed by atoms with E-state index in [0.717, 1.165) is 4.40 Å². The molecular formula is C11H15F3Ge. The van der Waals surface area contributed by atoms with Crippen LogP contribution in [0.15, 0.2) is 18.2 Å². The molecule has 0 aliphatic heterocycles. The van der Waals surface area contributed by atoms with Crippen LogP contribution >= 0.6 is 0 Å². The Hall–Kier alpha value is -0.447. The van der Waals surface area contributed by atoms with Crippen molar-refractivity contribution in [2.75, 3.05) is 0 Å². The normalized spacial score (nSPS) is 13.0. The fraction of sp³-hybridized carbons (Fsp3) is 0.455. The van der Waals surface area contributed by atoms with Gasteiger partial charge in [-0.1, -0.05) is 0 Å². The summed E-state index contributed by atoms with van der Waals surface area (Å²) >= 11 is -2.16. The van der Waals surface area contributed by atoms with Crippen LogP contribution in [0, 0.1) is 6.92 Å². The predicted molar refractivity (Wildman–Crippen MR) is 59.2 cm³/mol. The van der Waals surface area contributed by atoms with Crippen LogP contribution in [0.5, 0.6) is 0 Å². The molecule has 0 aliphatic rings. The molecule has 0 fully saturated rings. The second-order valence-electron chi connectivity index (χ2n) is 4.78. The molecular weight excluding hydrogens is 262 g/mol. The van der Waals surface area contributed by atoms with Crippen LogP contribution in [0.4, 0.5) is 13.2 Å². The minimum absolute atomic E-state index is 0.304. The quantitative estimate of drug-likeness (QED) is 0.688. The fourth-order valence-corrected chi connectivity index (χ4v) is 3.83. The molecule has 15 heavy (non-hydrogen) atoms. The van der Waals surface area contributed by atoms with Gasteiger partial charge in [0.2, 0.25) is 0 Å². The van der Waals surface area contributed by atoms with E-state index in [9.17, 15) is 13.2 Å². The summed E-state index contributed by atoms with van der Waals surface area (Å²) in [5.74, 6) is 6.26. The number of aryl methyl sites for hydroxylation is 1. The average molecular weight is 277 g/mol. The molecule has 0 aliphatic carbocycles. The number of hydrogen-bond donors (Lipinski definition) is 0. The van der Waals surface area contributed by atoms with Gasteiger partial charge in [-0.3, -0.25) is 0 Å². The van der Waals surface area contributed by atoms with Crippen molar-refractivity contribution in [1.29, 1.82) is 0 Å². The molecule has 0 nitrogen and oxygen atoms in total. The predicted octanol–water partition coefficient (Wildman–Crippen LogP) is 3.56. The van der Waals surface area contributed by atoms with Crippen LogP contribution in [-0.2, 0) is 6.18 Å². The van der Waals surface area contributed by atoms with Crippen molar-refractivity contribution >= 4 is 17.7 Å². The summed E-state index contributed by atoms with van der Waals surface area (Å²) in [4.78, 5) is 0. The van der Waals surface area contributed by atoms with Crippen molar-refractivity contribution in [1.82, 2.24) is 0 Å². The summed E-state index contributed by atoms with van der Waals surface area (Å²) in [6, 6.07) is 4.74. The van der Waals surface area contributed by atoms with E-state index in [1.54, 1.807) is 6.07 Å². The minimum atomic E-state index is -4.23. The van der Waals surface area contributed by atoms with Crippen molar-refractivity contribution in [3.05, 3.63) is 29.3 Å². The van der Waals surface area contributed by atoms with Gasteiger partial charge >= 0.3 is 90.5 Å². The first-order valence-corrected chi connectivity index (χ1v) is 12.1. The molecule has 0 spiro atoms. The maximum absolute atomic E-state index is 12.6. The van der Waals surface area contributed by atoms with E-state index in [0.29, 0.717) is 5.56 Å². The van der Waals surface area contributed by atoms with Gasteiger partial charge in [0, 0.05) is 0 Å². The standard InChI is InChI=1S/C11H15F3Ge/c1-8-5-6-9(15(2,3)4)7-10(8)11(12,13)14/h5-7H,1-4H3. The van der Waals surface area contributed by atoms with E-state index in [4.69, 9.17) is 0 Å². The zero-order valence-electron chi connectivity index (χ0n) is 9.37. The Labute approximate surface area is 90.9 Å². The Morgan fingerprint density at radius 3 is 2.00 bits per heavy atom. The number of halogens is 3. The van der Waals surface area contributed by atoms with Gasteiger partial charge < -0.3 is 0 Å². The summed E-state index contributed by atoms with van der Waals surface area (Å²) in [7, 11) is 0. The summed E-state index contributed by atoms with van der Waals surface area (Å²) in [5, 5.41) is 0. The zero-order valence-corrected chi connectivity index (χ0v) is 11.5. The molecule has 1 aromatic rings. The molecule has 0 heterocycles. The third kappa shape index (κ3) is 3.00. The van der Waals surface area contributed by atoms with Crippen LogP contribution in [0.2, 0.25) is 17.3 Å². The van der Waals surface area contributed by atoms with Crippen molar-refractivity contribution in [3.8, 4) is 0 Å². The first-order valence-electron chi connectivity index (χ1n) is 4.80. The summed E-state index contributed by atoms with van der Waals surface area (Å²) < 4.78 is 38.8. The van der Waals surface area contributed by atoms with Gasteiger partial charge in [0.15, 0.2) is 0 Å². The fourth-order valence-electron chi connectivity index (χ4n) is 1.39. The number of rotatable bonds is 1. The van der Waals surface area contributed by atoms with Gasteiger partial charge in [-0.2, -0.15) is 0 Å². The van der Waals surface area contributed by atoms with E-state index in [-0.39, 0.29) is 0 Å². The molecule has 1 aromatic carbocycles. The molecule has 0 unspecified atom stereocenters. The molecule has 0 saturated heterocycles. The van der Waals surface area contributed by atoms with Crippen molar-refractivity contribution in [2.24, 2.45) is 0 Å². The number of hydrogen-bond acceptors (Lipinski definition) is 0. The second-order valence-corrected chi connectivity index (χ2v) is 15.4. The SMILES string of the molecule is Cc1cc[c]([Ge]([CH3])([CH3])[CH3])cc1C(F)(F)F. The Kier molecular flexibility index (Phi) is 3.24. The van der Waals surface area contributed by atoms with Crippen molar-refractivity contribution in [3.63, 3.8) is 0 Å². The Bertz CT molecular complexity index is 361. The second kappa shape index (κ2) is 3.85. The molecule has 0 bridgehead atoms. The van der Waals surface area contributed by atoms with Gasteiger partial charge in [-0.15, -0.1) is 0 Å². The molecule has 84 valence electrons. The molecule has 1 rings (SSSR count). The molecule has 0 aromatic heterocycles. The van der Waals surface area contributed by atoms with E-state index in [2.05, 4.69) is 17.3 Å². The monoisotopic (exact) mass is 278 g/mol. The van der Waals surface area contributed by atoms with Crippen molar-refractivity contribution < 1.29 is 13.2 Å². The van der Waals surface area contributed by atoms with Gasteiger partial charge in [0.25, 0.3) is 0 Å². The first-order chi connectivity index (χ1) is 6.62. The molecule has 4 heteroatoms. The van der Waals surface area contributed by atoms with Crippen LogP contribution in [0.1, 0.15) is 11.1 Å². The molecule has 0 atom stereocenters. The van der Waals surface area contributed by atoms with E-state index < -0.39 is 25.0 Å². The van der Waals surface area contributed by atoms with Crippen LogP contribution < -0.4 is 4.40 Å². The van der Waals surface area contributed by atoms with Crippen LogP contribution in [0.25, 0.3) is 0 Å². The number of benzene rings is 1. The Morgan fingerprint density at radius 1 is 1.07 bits per heavy atom. The summed E-state index contributed by atoms with van der Waals surface area (Å²) in [6.45, 7) is 1.50. The first kappa shape index (κ1) is 12.6. The van der Waals surface area contributed by atoms with Crippen molar-refractivity contribution in [2.45, 2.75) is 30.4 Å². The molecule has 0 N–H and O–H groups in total. The molecule has 0 saturated carbocycles. The summed E-state index contributed by atoms with van der Waals surface area (Å²) in [5.41, 5.74) is -0.182. The topological polar surface area (TPSA) is 0 Å². The van der Waals surface area contributed by atoms with Gasteiger partial charge in [0.1, 0.15) is 0 Å². The van der Waals surface area contributed by atoms with E-state index in [1.807, 2.05) is 6.07 Å². The molecule has 0 radical (unpaired) electrons. The molecule has 0 amide bonds. The third-order valence-corrected chi connectivity index (χ3v) is 6.70. The van der Waals surface area contributed by atoms with Crippen LogP contribution in [0.3, 0.4) is 0 Å². The average Bonchev–Trinajstić information content (AvgIpc) is 2.00. The third-order valence-electron chi connectivity index (χ3n) is 2.41. The Balaban J connectivity index is 3.30. The maximum atomic E-state index is 12.6. The summed E-state index contributed by atoms with van der Waals surface area (Å²) in [6.07, 6.45) is -4.23. The van der Waals surface area contributed by atoms with Gasteiger partial charge in [-0.25, -0.2) is 0 Å². The number of alkyl halides is 3.